The molecule has 0 unspecified atom stereocenters. The Bertz CT molecular complexity index is 334. The molecule has 1 rings (SSSR count). The third kappa shape index (κ3) is 2.09. The van der Waals surface area contributed by atoms with Crippen LogP contribution in [0.25, 0.3) is 0 Å². The first-order chi connectivity index (χ1) is 6.69. The van der Waals surface area contributed by atoms with Gasteiger partial charge in [-0.05, 0) is 0 Å². The molecule has 14 heavy (non-hydrogen) atoms. The third-order valence-corrected chi connectivity index (χ3v) is 1.74. The maximum atomic E-state index is 10.9. The van der Waals surface area contributed by atoms with E-state index in [9.17, 15) is 9.59 Å². The SMILES string of the molecule is COC(=O)CN(C=O)c1ccnn1C. The molecule has 1 amide bonds. The minimum Gasteiger partial charge on any atom is -0.468 e. The molecular formula is C8H11N3O3. The fraction of sp³-hybridized carbons (Fsp3) is 0.375. The van der Waals surface area contributed by atoms with E-state index in [2.05, 4.69) is 9.84 Å². The zero-order valence-corrected chi connectivity index (χ0v) is 8.01. The summed E-state index contributed by atoms with van der Waals surface area (Å²) in [6.07, 6.45) is 2.11. The molecule has 0 bridgehead atoms. The Morgan fingerprint density at radius 2 is 2.50 bits per heavy atom. The van der Waals surface area contributed by atoms with Gasteiger partial charge in [0.1, 0.15) is 12.4 Å². The van der Waals surface area contributed by atoms with Crippen LogP contribution in [0.4, 0.5) is 5.82 Å². The van der Waals surface area contributed by atoms with Crippen LogP contribution < -0.4 is 4.90 Å². The molecule has 0 saturated carbocycles. The normalized spacial score (nSPS) is 9.57. The van der Waals surface area contributed by atoms with Crippen LogP contribution in [0.15, 0.2) is 12.3 Å². The fourth-order valence-electron chi connectivity index (χ4n) is 1.02. The Morgan fingerprint density at radius 3 is 2.93 bits per heavy atom. The highest BCUT2D eigenvalue weighted by atomic mass is 16.5. The number of nitrogens with zero attached hydrogens (tertiary/aromatic N) is 3. The van der Waals surface area contributed by atoms with Crippen molar-refractivity contribution in [1.29, 1.82) is 0 Å². The Morgan fingerprint density at radius 1 is 1.79 bits per heavy atom. The molecule has 0 N–H and O–H groups in total. The van der Waals surface area contributed by atoms with Crippen LogP contribution in [0.2, 0.25) is 0 Å². The summed E-state index contributed by atoms with van der Waals surface area (Å²) < 4.78 is 5.95. The van der Waals surface area contributed by atoms with E-state index in [0.29, 0.717) is 12.2 Å². The molecule has 0 atom stereocenters. The van der Waals surface area contributed by atoms with Crippen molar-refractivity contribution in [2.45, 2.75) is 0 Å². The van der Waals surface area contributed by atoms with E-state index in [4.69, 9.17) is 0 Å². The summed E-state index contributed by atoms with van der Waals surface area (Å²) >= 11 is 0. The van der Waals surface area contributed by atoms with Crippen LogP contribution in [0.1, 0.15) is 0 Å². The minimum atomic E-state index is -0.474. The summed E-state index contributed by atoms with van der Waals surface area (Å²) in [4.78, 5) is 22.8. The van der Waals surface area contributed by atoms with Crippen molar-refractivity contribution >= 4 is 18.2 Å². The average Bonchev–Trinajstić information content (AvgIpc) is 2.60. The predicted molar refractivity (Wildman–Crippen MR) is 48.6 cm³/mol. The lowest BCUT2D eigenvalue weighted by molar-refractivity contribution is -0.139. The van der Waals surface area contributed by atoms with Gasteiger partial charge in [-0.15, -0.1) is 0 Å². The Hall–Kier alpha value is -1.85. The van der Waals surface area contributed by atoms with Gasteiger partial charge in [-0.2, -0.15) is 5.10 Å². The van der Waals surface area contributed by atoms with Crippen LogP contribution in [0, 0.1) is 0 Å². The van der Waals surface area contributed by atoms with Crippen LogP contribution >= 0.6 is 0 Å². The average molecular weight is 197 g/mol. The lowest BCUT2D eigenvalue weighted by atomic mass is 10.5. The smallest absolute Gasteiger partial charge is 0.325 e. The van der Waals surface area contributed by atoms with Crippen LogP contribution in [-0.2, 0) is 21.4 Å². The lowest BCUT2D eigenvalue weighted by Crippen LogP contribution is -2.30. The highest BCUT2D eigenvalue weighted by Gasteiger charge is 2.13. The van der Waals surface area contributed by atoms with Gasteiger partial charge in [0, 0.05) is 13.1 Å². The van der Waals surface area contributed by atoms with Crippen molar-refractivity contribution in [3.8, 4) is 0 Å². The van der Waals surface area contributed by atoms with E-state index in [-0.39, 0.29) is 6.54 Å². The quantitative estimate of drug-likeness (QED) is 0.484. The summed E-state index contributed by atoms with van der Waals surface area (Å²) in [6, 6.07) is 1.64. The number of aryl methyl sites for hydroxylation is 1. The van der Waals surface area contributed by atoms with Gasteiger partial charge < -0.3 is 4.74 Å². The third-order valence-electron chi connectivity index (χ3n) is 1.74. The summed E-state index contributed by atoms with van der Waals surface area (Å²) in [5.41, 5.74) is 0. The molecule has 0 saturated heterocycles. The van der Waals surface area contributed by atoms with Gasteiger partial charge in [-0.3, -0.25) is 19.2 Å². The molecule has 1 aromatic heterocycles. The monoisotopic (exact) mass is 197 g/mol. The number of hydrogen-bond donors (Lipinski definition) is 0. The van der Waals surface area contributed by atoms with Crippen molar-refractivity contribution < 1.29 is 14.3 Å². The first-order valence-electron chi connectivity index (χ1n) is 3.95. The number of hydrogen-bond acceptors (Lipinski definition) is 4. The van der Waals surface area contributed by atoms with E-state index in [1.165, 1.54) is 16.7 Å². The number of anilines is 1. The molecule has 6 nitrogen and oxygen atoms in total. The van der Waals surface area contributed by atoms with Gasteiger partial charge in [0.2, 0.25) is 6.41 Å². The lowest BCUT2D eigenvalue weighted by Gasteiger charge is -2.14. The van der Waals surface area contributed by atoms with Crippen molar-refractivity contribution in [2.75, 3.05) is 18.6 Å². The maximum absolute atomic E-state index is 10.9. The first kappa shape index (κ1) is 10.2. The number of methoxy groups -OCH3 is 1. The maximum Gasteiger partial charge on any atom is 0.325 e. The van der Waals surface area contributed by atoms with Gasteiger partial charge >= 0.3 is 5.97 Å². The van der Waals surface area contributed by atoms with Crippen LogP contribution in [0.3, 0.4) is 0 Å². The van der Waals surface area contributed by atoms with Gasteiger partial charge in [0.25, 0.3) is 0 Å². The Labute approximate surface area is 81.1 Å². The number of amides is 1. The summed E-state index contributed by atoms with van der Waals surface area (Å²) in [7, 11) is 2.96. The van der Waals surface area contributed by atoms with E-state index in [1.54, 1.807) is 19.3 Å². The summed E-state index contributed by atoms with van der Waals surface area (Å²) in [5, 5.41) is 3.88. The minimum absolute atomic E-state index is 0.112. The molecule has 76 valence electrons. The molecular weight excluding hydrogens is 186 g/mol. The Kier molecular flexibility index (Phi) is 3.22. The second-order valence-electron chi connectivity index (χ2n) is 2.62. The van der Waals surface area contributed by atoms with E-state index < -0.39 is 5.97 Å². The van der Waals surface area contributed by atoms with Crippen molar-refractivity contribution in [3.63, 3.8) is 0 Å². The molecule has 0 radical (unpaired) electrons. The van der Waals surface area contributed by atoms with Crippen molar-refractivity contribution in [2.24, 2.45) is 7.05 Å². The number of carbonyl (C=O) groups excluding carboxylic acids is 2. The topological polar surface area (TPSA) is 64.4 Å². The number of aromatic nitrogens is 2. The zero-order valence-electron chi connectivity index (χ0n) is 8.01. The predicted octanol–water partition coefficient (Wildman–Crippen LogP) is -0.444. The standard InChI is InChI=1S/C8H11N3O3/c1-10-7(3-4-9-10)11(6-12)5-8(13)14-2/h3-4,6H,5H2,1-2H3. The first-order valence-corrected chi connectivity index (χ1v) is 3.95. The molecule has 0 spiro atoms. The second kappa shape index (κ2) is 4.40. The highest BCUT2D eigenvalue weighted by Crippen LogP contribution is 2.09. The number of esters is 1. The fourth-order valence-corrected chi connectivity index (χ4v) is 1.02. The van der Waals surface area contributed by atoms with Gasteiger partial charge in [-0.25, -0.2) is 0 Å². The van der Waals surface area contributed by atoms with Crippen molar-refractivity contribution in [1.82, 2.24) is 9.78 Å². The largest absolute Gasteiger partial charge is 0.468 e. The number of rotatable bonds is 4. The summed E-state index contributed by atoms with van der Waals surface area (Å²) in [5.74, 6) is 0.0729. The van der Waals surface area contributed by atoms with Crippen LogP contribution in [-0.4, -0.2) is 35.8 Å². The van der Waals surface area contributed by atoms with Gasteiger partial charge in [0.15, 0.2) is 0 Å². The molecule has 0 fully saturated rings. The Balaban J connectivity index is 2.77. The van der Waals surface area contributed by atoms with Gasteiger partial charge in [-0.1, -0.05) is 0 Å². The van der Waals surface area contributed by atoms with Crippen LogP contribution in [0.5, 0.6) is 0 Å². The van der Waals surface area contributed by atoms with E-state index in [1.807, 2.05) is 0 Å². The van der Waals surface area contributed by atoms with Gasteiger partial charge in [0.05, 0.1) is 13.3 Å². The molecule has 1 heterocycles. The van der Waals surface area contributed by atoms with E-state index in [0.717, 1.165) is 0 Å². The molecule has 1 aromatic rings. The zero-order chi connectivity index (χ0) is 10.6. The molecule has 0 aliphatic carbocycles. The molecule has 0 aliphatic rings. The summed E-state index contributed by atoms with van der Waals surface area (Å²) in [6.45, 7) is -0.112. The molecule has 0 aromatic carbocycles. The highest BCUT2D eigenvalue weighted by molar-refractivity contribution is 5.84. The number of ether oxygens (including phenoxy) is 1. The van der Waals surface area contributed by atoms with E-state index >= 15 is 0 Å². The second-order valence-corrected chi connectivity index (χ2v) is 2.62. The molecule has 6 heteroatoms. The molecule has 0 aliphatic heterocycles. The van der Waals surface area contributed by atoms with Crippen molar-refractivity contribution in [3.05, 3.63) is 12.3 Å². The number of carbonyl (C=O) groups is 2.